The molecule has 0 fully saturated rings. The second-order valence-electron chi connectivity index (χ2n) is 3.89. The Bertz CT molecular complexity index is 548. The Labute approximate surface area is 141 Å². The van der Waals surface area contributed by atoms with Crippen LogP contribution in [0.25, 0.3) is 0 Å². The SMILES string of the molecule is COc1c(Br)cc(CNCc2sccc2Br)cc1Br. The zero-order valence-electron chi connectivity index (χ0n) is 10.2. The van der Waals surface area contributed by atoms with Crippen LogP contribution >= 0.6 is 59.1 Å². The van der Waals surface area contributed by atoms with Gasteiger partial charge in [0.15, 0.2) is 0 Å². The van der Waals surface area contributed by atoms with Gasteiger partial charge in [-0.1, -0.05) is 0 Å². The predicted molar refractivity (Wildman–Crippen MR) is 91.0 cm³/mol. The molecule has 0 aliphatic heterocycles. The van der Waals surface area contributed by atoms with Gasteiger partial charge in [0.05, 0.1) is 16.1 Å². The summed E-state index contributed by atoms with van der Waals surface area (Å²) in [4.78, 5) is 1.31. The van der Waals surface area contributed by atoms with E-state index in [1.54, 1.807) is 18.4 Å². The average Bonchev–Trinajstić information content (AvgIpc) is 2.75. The number of hydrogen-bond donors (Lipinski definition) is 1. The summed E-state index contributed by atoms with van der Waals surface area (Å²) in [5.41, 5.74) is 1.20. The van der Waals surface area contributed by atoms with E-state index in [-0.39, 0.29) is 0 Å². The molecule has 0 aliphatic rings. The second kappa shape index (κ2) is 7.22. The summed E-state index contributed by atoms with van der Waals surface area (Å²) in [6.45, 7) is 1.67. The minimum absolute atomic E-state index is 0.811. The Morgan fingerprint density at radius 3 is 2.32 bits per heavy atom. The van der Waals surface area contributed by atoms with Crippen LogP contribution in [0.1, 0.15) is 10.4 Å². The maximum atomic E-state index is 5.29. The quantitative estimate of drug-likeness (QED) is 0.638. The molecule has 0 amide bonds. The van der Waals surface area contributed by atoms with E-state index >= 15 is 0 Å². The van der Waals surface area contributed by atoms with E-state index in [4.69, 9.17) is 4.74 Å². The van der Waals surface area contributed by atoms with E-state index in [9.17, 15) is 0 Å². The number of benzene rings is 1. The highest BCUT2D eigenvalue weighted by Crippen LogP contribution is 2.34. The van der Waals surface area contributed by atoms with Crippen molar-refractivity contribution < 1.29 is 4.74 Å². The van der Waals surface area contributed by atoms with Gasteiger partial charge in [-0.15, -0.1) is 11.3 Å². The Balaban J connectivity index is 1.99. The minimum Gasteiger partial charge on any atom is -0.494 e. The van der Waals surface area contributed by atoms with Gasteiger partial charge in [0.2, 0.25) is 0 Å². The normalized spacial score (nSPS) is 10.7. The molecule has 1 N–H and O–H groups in total. The van der Waals surface area contributed by atoms with Crippen molar-refractivity contribution in [3.8, 4) is 5.75 Å². The molecule has 1 aromatic carbocycles. The van der Waals surface area contributed by atoms with Crippen LogP contribution in [-0.4, -0.2) is 7.11 Å². The molecule has 0 bridgehead atoms. The van der Waals surface area contributed by atoms with Crippen LogP contribution in [0.2, 0.25) is 0 Å². The smallest absolute Gasteiger partial charge is 0.147 e. The van der Waals surface area contributed by atoms with Crippen molar-refractivity contribution in [3.05, 3.63) is 47.4 Å². The van der Waals surface area contributed by atoms with Crippen LogP contribution < -0.4 is 10.1 Å². The molecule has 0 aliphatic carbocycles. The maximum Gasteiger partial charge on any atom is 0.147 e. The summed E-state index contributed by atoms with van der Waals surface area (Å²) in [5, 5.41) is 5.52. The van der Waals surface area contributed by atoms with Crippen molar-refractivity contribution in [2.45, 2.75) is 13.1 Å². The molecule has 0 saturated heterocycles. The first-order valence-corrected chi connectivity index (χ1v) is 8.82. The lowest BCUT2D eigenvalue weighted by molar-refractivity contribution is 0.409. The molecule has 6 heteroatoms. The molecule has 0 radical (unpaired) electrons. The maximum absolute atomic E-state index is 5.29. The minimum atomic E-state index is 0.811. The summed E-state index contributed by atoms with van der Waals surface area (Å²) < 4.78 is 8.37. The number of rotatable bonds is 5. The van der Waals surface area contributed by atoms with Crippen molar-refractivity contribution in [2.24, 2.45) is 0 Å². The number of nitrogens with one attached hydrogen (secondary N) is 1. The Kier molecular flexibility index (Phi) is 5.89. The van der Waals surface area contributed by atoms with E-state index in [2.05, 4.69) is 76.7 Å². The zero-order chi connectivity index (χ0) is 13.8. The van der Waals surface area contributed by atoms with Gasteiger partial charge in [0.25, 0.3) is 0 Å². The van der Waals surface area contributed by atoms with Crippen LogP contribution in [-0.2, 0) is 13.1 Å². The molecule has 19 heavy (non-hydrogen) atoms. The predicted octanol–water partition coefficient (Wildman–Crippen LogP) is 5.33. The van der Waals surface area contributed by atoms with Crippen LogP contribution in [0.5, 0.6) is 5.75 Å². The van der Waals surface area contributed by atoms with Crippen molar-refractivity contribution in [3.63, 3.8) is 0 Å². The fourth-order valence-electron chi connectivity index (χ4n) is 1.68. The third kappa shape index (κ3) is 4.04. The largest absolute Gasteiger partial charge is 0.494 e. The Morgan fingerprint density at radius 2 is 1.79 bits per heavy atom. The summed E-state index contributed by atoms with van der Waals surface area (Å²) in [5.74, 6) is 0.824. The van der Waals surface area contributed by atoms with Gasteiger partial charge in [-0.3, -0.25) is 0 Å². The molecule has 1 aromatic heterocycles. The first kappa shape index (κ1) is 15.5. The van der Waals surface area contributed by atoms with Gasteiger partial charge < -0.3 is 10.1 Å². The third-order valence-corrected chi connectivity index (χ3v) is 5.67. The third-order valence-electron chi connectivity index (χ3n) is 2.57. The highest BCUT2D eigenvalue weighted by Gasteiger charge is 2.08. The summed E-state index contributed by atoms with van der Waals surface area (Å²) >= 11 is 12.3. The van der Waals surface area contributed by atoms with Crippen LogP contribution in [0.4, 0.5) is 0 Å². The van der Waals surface area contributed by atoms with Crippen molar-refractivity contribution in [1.29, 1.82) is 0 Å². The molecule has 0 unspecified atom stereocenters. The number of thiophene rings is 1. The van der Waals surface area contributed by atoms with E-state index in [0.717, 1.165) is 27.8 Å². The van der Waals surface area contributed by atoms with Crippen molar-refractivity contribution in [1.82, 2.24) is 5.32 Å². The molecular weight excluding hydrogens is 458 g/mol. The van der Waals surface area contributed by atoms with Crippen molar-refractivity contribution in [2.75, 3.05) is 7.11 Å². The van der Waals surface area contributed by atoms with Crippen molar-refractivity contribution >= 4 is 59.1 Å². The standard InChI is InChI=1S/C13H12Br3NOS/c1-18-13-10(15)4-8(5-11(13)16)6-17-7-12-9(14)2-3-19-12/h2-5,17H,6-7H2,1H3. The highest BCUT2D eigenvalue weighted by atomic mass is 79.9. The summed E-state index contributed by atoms with van der Waals surface area (Å²) in [6, 6.07) is 6.21. The molecular formula is C13H12Br3NOS. The highest BCUT2D eigenvalue weighted by molar-refractivity contribution is 9.11. The van der Waals surface area contributed by atoms with E-state index in [1.165, 1.54) is 14.9 Å². The fraction of sp³-hybridized carbons (Fsp3) is 0.231. The zero-order valence-corrected chi connectivity index (χ0v) is 15.7. The van der Waals surface area contributed by atoms with E-state index in [1.807, 2.05) is 0 Å². The monoisotopic (exact) mass is 467 g/mol. The molecule has 2 rings (SSSR count). The molecule has 0 spiro atoms. The number of methoxy groups -OCH3 is 1. The lowest BCUT2D eigenvalue weighted by Crippen LogP contribution is -2.12. The molecule has 102 valence electrons. The van der Waals surface area contributed by atoms with Gasteiger partial charge in [-0.2, -0.15) is 0 Å². The Morgan fingerprint density at radius 1 is 1.11 bits per heavy atom. The second-order valence-corrected chi connectivity index (χ2v) is 7.45. The first-order valence-electron chi connectivity index (χ1n) is 5.56. The summed E-state index contributed by atoms with van der Waals surface area (Å²) in [6.07, 6.45) is 0. The number of ether oxygens (including phenoxy) is 1. The molecule has 0 atom stereocenters. The van der Waals surface area contributed by atoms with Gasteiger partial charge >= 0.3 is 0 Å². The lowest BCUT2D eigenvalue weighted by atomic mass is 10.2. The molecule has 2 aromatic rings. The topological polar surface area (TPSA) is 21.3 Å². The first-order chi connectivity index (χ1) is 9.11. The van der Waals surface area contributed by atoms with Crippen LogP contribution in [0.3, 0.4) is 0 Å². The van der Waals surface area contributed by atoms with E-state index < -0.39 is 0 Å². The van der Waals surface area contributed by atoms with Crippen LogP contribution in [0, 0.1) is 0 Å². The van der Waals surface area contributed by atoms with Gasteiger partial charge in [-0.25, -0.2) is 0 Å². The lowest BCUT2D eigenvalue weighted by Gasteiger charge is -2.10. The van der Waals surface area contributed by atoms with Crippen LogP contribution in [0.15, 0.2) is 37.0 Å². The van der Waals surface area contributed by atoms with Gasteiger partial charge in [-0.05, 0) is 76.9 Å². The number of hydrogen-bond acceptors (Lipinski definition) is 3. The molecule has 1 heterocycles. The average molecular weight is 470 g/mol. The fourth-order valence-corrected chi connectivity index (χ4v) is 4.75. The Hall–Kier alpha value is 0.120. The molecule has 2 nitrogen and oxygen atoms in total. The van der Waals surface area contributed by atoms with E-state index in [0.29, 0.717) is 0 Å². The summed E-state index contributed by atoms with van der Waals surface area (Å²) in [7, 11) is 1.66. The number of halogens is 3. The molecule has 0 saturated carbocycles. The van der Waals surface area contributed by atoms with Gasteiger partial charge in [0.1, 0.15) is 5.75 Å². The van der Waals surface area contributed by atoms with Gasteiger partial charge in [0, 0.05) is 22.4 Å².